The molecular formula is C15H22FN3. The number of nitrogens with one attached hydrogen (secondary N) is 1. The minimum atomic E-state index is -0.175. The number of anilines is 1. The van der Waals surface area contributed by atoms with Gasteiger partial charge in [-0.2, -0.15) is 0 Å². The van der Waals surface area contributed by atoms with Crippen LogP contribution >= 0.6 is 0 Å². The highest BCUT2D eigenvalue weighted by Crippen LogP contribution is 2.17. The van der Waals surface area contributed by atoms with Crippen LogP contribution in [0.15, 0.2) is 36.4 Å². The van der Waals surface area contributed by atoms with Gasteiger partial charge in [0, 0.05) is 45.0 Å². The molecule has 1 aliphatic rings. The third-order valence-electron chi connectivity index (χ3n) is 3.44. The number of likely N-dealkylation sites (N-methyl/N-ethyl adjacent to an activating group) is 1. The van der Waals surface area contributed by atoms with Crippen LogP contribution in [0.2, 0.25) is 0 Å². The van der Waals surface area contributed by atoms with Gasteiger partial charge in [0.05, 0.1) is 0 Å². The summed E-state index contributed by atoms with van der Waals surface area (Å²) in [6, 6.07) is 6.75. The predicted molar refractivity (Wildman–Crippen MR) is 78.1 cm³/mol. The van der Waals surface area contributed by atoms with Gasteiger partial charge in [0.15, 0.2) is 0 Å². The van der Waals surface area contributed by atoms with E-state index in [0.29, 0.717) is 0 Å². The Bertz CT molecular complexity index is 408. The van der Waals surface area contributed by atoms with E-state index in [9.17, 15) is 4.39 Å². The molecule has 0 radical (unpaired) electrons. The fourth-order valence-corrected chi connectivity index (χ4v) is 2.44. The van der Waals surface area contributed by atoms with E-state index in [1.165, 1.54) is 17.7 Å². The highest BCUT2D eigenvalue weighted by atomic mass is 19.1. The lowest BCUT2D eigenvalue weighted by molar-refractivity contribution is 0.277. The first kappa shape index (κ1) is 14.0. The maximum absolute atomic E-state index is 12.9. The number of rotatable bonds is 5. The molecule has 104 valence electrons. The van der Waals surface area contributed by atoms with E-state index >= 15 is 0 Å². The topological polar surface area (TPSA) is 18.5 Å². The van der Waals surface area contributed by atoms with Gasteiger partial charge in [0.2, 0.25) is 0 Å². The first-order valence-electron chi connectivity index (χ1n) is 6.73. The van der Waals surface area contributed by atoms with Crippen molar-refractivity contribution in [1.82, 2.24) is 10.2 Å². The summed E-state index contributed by atoms with van der Waals surface area (Å²) < 4.78 is 12.9. The molecule has 1 heterocycles. The van der Waals surface area contributed by atoms with Gasteiger partial charge >= 0.3 is 0 Å². The summed E-state index contributed by atoms with van der Waals surface area (Å²) in [6.07, 6.45) is 0. The fourth-order valence-electron chi connectivity index (χ4n) is 2.44. The molecule has 0 bridgehead atoms. The molecule has 3 nitrogen and oxygen atoms in total. The molecule has 0 atom stereocenters. The van der Waals surface area contributed by atoms with Gasteiger partial charge in [-0.3, -0.25) is 4.90 Å². The molecule has 0 unspecified atom stereocenters. The summed E-state index contributed by atoms with van der Waals surface area (Å²) in [5.74, 6) is -0.175. The van der Waals surface area contributed by atoms with Gasteiger partial charge in [0.25, 0.3) is 0 Å². The summed E-state index contributed by atoms with van der Waals surface area (Å²) in [5, 5.41) is 3.12. The van der Waals surface area contributed by atoms with Crippen LogP contribution in [0.25, 0.3) is 0 Å². The van der Waals surface area contributed by atoms with Crippen molar-refractivity contribution in [2.45, 2.75) is 0 Å². The fraction of sp³-hybridized carbons (Fsp3) is 0.467. The zero-order valence-corrected chi connectivity index (χ0v) is 11.5. The van der Waals surface area contributed by atoms with Crippen LogP contribution in [0.4, 0.5) is 10.1 Å². The molecule has 1 aromatic rings. The SMILES string of the molecule is C=C(CNC)CN1CCN(c2ccc(F)cc2)CC1. The van der Waals surface area contributed by atoms with E-state index in [1.807, 2.05) is 19.2 Å². The van der Waals surface area contributed by atoms with Crippen LogP contribution in [0.5, 0.6) is 0 Å². The largest absolute Gasteiger partial charge is 0.369 e. The number of hydrogen-bond donors (Lipinski definition) is 1. The predicted octanol–water partition coefficient (Wildman–Crippen LogP) is 1.72. The van der Waals surface area contributed by atoms with Gasteiger partial charge < -0.3 is 10.2 Å². The average Bonchev–Trinajstić information content (AvgIpc) is 2.41. The minimum absolute atomic E-state index is 0.175. The van der Waals surface area contributed by atoms with Crippen molar-refractivity contribution in [3.63, 3.8) is 0 Å². The van der Waals surface area contributed by atoms with E-state index in [2.05, 4.69) is 21.7 Å². The van der Waals surface area contributed by atoms with Crippen molar-refractivity contribution < 1.29 is 4.39 Å². The van der Waals surface area contributed by atoms with Crippen molar-refractivity contribution in [2.24, 2.45) is 0 Å². The van der Waals surface area contributed by atoms with Crippen LogP contribution in [-0.2, 0) is 0 Å². The summed E-state index contributed by atoms with van der Waals surface area (Å²) in [5.41, 5.74) is 2.33. The average molecular weight is 263 g/mol. The lowest BCUT2D eigenvalue weighted by atomic mass is 10.2. The molecule has 0 amide bonds. The third kappa shape index (κ3) is 4.04. The Morgan fingerprint density at radius 3 is 2.42 bits per heavy atom. The Hall–Kier alpha value is -1.39. The highest BCUT2D eigenvalue weighted by Gasteiger charge is 2.17. The number of halogens is 1. The maximum Gasteiger partial charge on any atom is 0.123 e. The van der Waals surface area contributed by atoms with Gasteiger partial charge in [0.1, 0.15) is 5.82 Å². The lowest BCUT2D eigenvalue weighted by Crippen LogP contribution is -2.47. The Kier molecular flexibility index (Phi) is 4.93. The normalized spacial score (nSPS) is 16.6. The van der Waals surface area contributed by atoms with Gasteiger partial charge in [-0.15, -0.1) is 0 Å². The summed E-state index contributed by atoms with van der Waals surface area (Å²) >= 11 is 0. The second kappa shape index (κ2) is 6.68. The molecule has 4 heteroatoms. The molecular weight excluding hydrogens is 241 g/mol. The van der Waals surface area contributed by atoms with Crippen molar-refractivity contribution >= 4 is 5.69 Å². The van der Waals surface area contributed by atoms with Gasteiger partial charge in [-0.05, 0) is 36.9 Å². The van der Waals surface area contributed by atoms with Gasteiger partial charge in [-0.1, -0.05) is 6.58 Å². The van der Waals surface area contributed by atoms with Crippen LogP contribution in [0.1, 0.15) is 0 Å². The number of benzene rings is 1. The van der Waals surface area contributed by atoms with Crippen molar-refractivity contribution in [1.29, 1.82) is 0 Å². The molecule has 1 aliphatic heterocycles. The highest BCUT2D eigenvalue weighted by molar-refractivity contribution is 5.46. The van der Waals surface area contributed by atoms with E-state index in [-0.39, 0.29) is 5.82 Å². The van der Waals surface area contributed by atoms with Crippen LogP contribution in [-0.4, -0.2) is 51.2 Å². The summed E-state index contributed by atoms with van der Waals surface area (Å²) in [6.45, 7) is 9.92. The van der Waals surface area contributed by atoms with E-state index in [1.54, 1.807) is 0 Å². The maximum atomic E-state index is 12.9. The van der Waals surface area contributed by atoms with Crippen molar-refractivity contribution in [3.05, 3.63) is 42.2 Å². The van der Waals surface area contributed by atoms with Crippen LogP contribution in [0, 0.1) is 5.82 Å². The Morgan fingerprint density at radius 2 is 1.84 bits per heavy atom. The molecule has 0 aromatic heterocycles. The van der Waals surface area contributed by atoms with Gasteiger partial charge in [-0.25, -0.2) is 4.39 Å². The molecule has 2 rings (SSSR count). The first-order valence-corrected chi connectivity index (χ1v) is 6.73. The zero-order valence-electron chi connectivity index (χ0n) is 11.5. The zero-order chi connectivity index (χ0) is 13.7. The van der Waals surface area contributed by atoms with Crippen LogP contribution < -0.4 is 10.2 Å². The molecule has 1 aromatic carbocycles. The third-order valence-corrected chi connectivity index (χ3v) is 3.44. The van der Waals surface area contributed by atoms with Crippen molar-refractivity contribution in [3.8, 4) is 0 Å². The Labute approximate surface area is 114 Å². The second-order valence-electron chi connectivity index (χ2n) is 5.02. The van der Waals surface area contributed by atoms with E-state index < -0.39 is 0 Å². The molecule has 0 aliphatic carbocycles. The second-order valence-corrected chi connectivity index (χ2v) is 5.02. The monoisotopic (exact) mass is 263 g/mol. The summed E-state index contributed by atoms with van der Waals surface area (Å²) in [4.78, 5) is 4.72. The Morgan fingerprint density at radius 1 is 1.21 bits per heavy atom. The quantitative estimate of drug-likeness (QED) is 0.816. The number of nitrogens with zero attached hydrogens (tertiary/aromatic N) is 2. The molecule has 1 N–H and O–H groups in total. The first-order chi connectivity index (χ1) is 9.19. The lowest BCUT2D eigenvalue weighted by Gasteiger charge is -2.36. The molecule has 19 heavy (non-hydrogen) atoms. The van der Waals surface area contributed by atoms with Crippen molar-refractivity contribution in [2.75, 3.05) is 51.2 Å². The molecule has 1 saturated heterocycles. The smallest absolute Gasteiger partial charge is 0.123 e. The number of hydrogen-bond acceptors (Lipinski definition) is 3. The van der Waals surface area contributed by atoms with E-state index in [4.69, 9.17) is 0 Å². The van der Waals surface area contributed by atoms with E-state index in [0.717, 1.165) is 45.0 Å². The summed E-state index contributed by atoms with van der Waals surface area (Å²) in [7, 11) is 1.94. The number of piperazine rings is 1. The molecule has 0 spiro atoms. The standard InChI is InChI=1S/C15H22FN3/c1-13(11-17-2)12-18-7-9-19(10-8-18)15-5-3-14(16)4-6-15/h3-6,17H,1,7-12H2,2H3. The minimum Gasteiger partial charge on any atom is -0.369 e. The van der Waals surface area contributed by atoms with Crippen LogP contribution in [0.3, 0.4) is 0 Å². The molecule has 0 saturated carbocycles. The Balaban J connectivity index is 1.82. The molecule has 1 fully saturated rings.